The van der Waals surface area contributed by atoms with Crippen molar-refractivity contribution >= 4 is 11.7 Å². The van der Waals surface area contributed by atoms with E-state index in [1.165, 1.54) is 31.4 Å². The maximum absolute atomic E-state index is 13.9. The Morgan fingerprint density at radius 2 is 1.65 bits per heavy atom. The zero-order chi connectivity index (χ0) is 15.3. The molecule has 0 saturated heterocycles. The number of ketones is 1. The molecule has 0 unspecified atom stereocenters. The van der Waals surface area contributed by atoms with Crippen molar-refractivity contribution in [2.75, 3.05) is 20.2 Å². The number of benzene rings is 1. The first-order valence-corrected chi connectivity index (χ1v) is 6.24. The van der Waals surface area contributed by atoms with E-state index in [9.17, 15) is 18.4 Å². The first-order valence-electron chi connectivity index (χ1n) is 6.24. The minimum Gasteiger partial charge on any atom is -0.497 e. The van der Waals surface area contributed by atoms with Gasteiger partial charge in [0.05, 0.1) is 7.11 Å². The Morgan fingerprint density at radius 3 is 2.05 bits per heavy atom. The van der Waals surface area contributed by atoms with Crippen LogP contribution in [0, 0.1) is 0 Å². The van der Waals surface area contributed by atoms with Gasteiger partial charge in [-0.15, -0.1) is 0 Å². The van der Waals surface area contributed by atoms with Crippen molar-refractivity contribution in [1.82, 2.24) is 4.90 Å². The van der Waals surface area contributed by atoms with Crippen molar-refractivity contribution in [3.05, 3.63) is 29.8 Å². The molecule has 0 aromatic heterocycles. The summed E-state index contributed by atoms with van der Waals surface area (Å²) in [6.07, 6.45) is 0. The molecule has 4 nitrogen and oxygen atoms in total. The molecule has 1 aromatic carbocycles. The highest BCUT2D eigenvalue weighted by atomic mass is 19.3. The average Bonchev–Trinajstić information content (AvgIpc) is 2.47. The highest BCUT2D eigenvalue weighted by Crippen LogP contribution is 2.24. The number of ether oxygens (including phenoxy) is 1. The molecular weight excluding hydrogens is 268 g/mol. The van der Waals surface area contributed by atoms with Gasteiger partial charge < -0.3 is 9.64 Å². The van der Waals surface area contributed by atoms with Gasteiger partial charge in [0.25, 0.3) is 0 Å². The third kappa shape index (κ3) is 3.12. The van der Waals surface area contributed by atoms with Gasteiger partial charge in [-0.25, -0.2) is 0 Å². The van der Waals surface area contributed by atoms with Crippen LogP contribution in [0.4, 0.5) is 8.78 Å². The van der Waals surface area contributed by atoms with E-state index < -0.39 is 17.6 Å². The van der Waals surface area contributed by atoms with Gasteiger partial charge >= 0.3 is 11.8 Å². The fraction of sp³-hybridized carbons (Fsp3) is 0.429. The predicted molar refractivity (Wildman–Crippen MR) is 70.2 cm³/mol. The minimum absolute atomic E-state index is 0.126. The zero-order valence-corrected chi connectivity index (χ0v) is 11.7. The number of carbonyl (C=O) groups is 2. The zero-order valence-electron chi connectivity index (χ0n) is 11.7. The Labute approximate surface area is 116 Å². The predicted octanol–water partition coefficient (Wildman–Crippen LogP) is 2.38. The van der Waals surface area contributed by atoms with Crippen LogP contribution in [0.5, 0.6) is 5.75 Å². The molecule has 0 spiro atoms. The maximum atomic E-state index is 13.9. The van der Waals surface area contributed by atoms with E-state index in [-0.39, 0.29) is 18.7 Å². The Balaban J connectivity index is 3.00. The van der Waals surface area contributed by atoms with E-state index in [2.05, 4.69) is 0 Å². The van der Waals surface area contributed by atoms with Crippen molar-refractivity contribution in [3.63, 3.8) is 0 Å². The molecule has 0 fully saturated rings. The van der Waals surface area contributed by atoms with E-state index in [1.54, 1.807) is 13.8 Å². The number of nitrogens with zero attached hydrogens (tertiary/aromatic N) is 1. The van der Waals surface area contributed by atoms with Gasteiger partial charge in [0, 0.05) is 18.7 Å². The number of halogens is 2. The molecule has 1 aromatic rings. The average molecular weight is 285 g/mol. The number of carbonyl (C=O) groups excluding carboxylic acids is 2. The lowest BCUT2D eigenvalue weighted by Crippen LogP contribution is -2.48. The van der Waals surface area contributed by atoms with Gasteiger partial charge in [-0.05, 0) is 38.1 Å². The smallest absolute Gasteiger partial charge is 0.386 e. The summed E-state index contributed by atoms with van der Waals surface area (Å²) in [5.41, 5.74) is -0.226. The summed E-state index contributed by atoms with van der Waals surface area (Å²) in [5.74, 6) is -6.58. The van der Waals surface area contributed by atoms with Crippen LogP contribution in [-0.4, -0.2) is 42.7 Å². The number of rotatable bonds is 6. The lowest BCUT2D eigenvalue weighted by Gasteiger charge is -2.23. The molecule has 0 atom stereocenters. The molecule has 1 rings (SSSR count). The third-order valence-electron chi connectivity index (χ3n) is 2.96. The summed E-state index contributed by atoms with van der Waals surface area (Å²) in [6, 6.07) is 5.21. The summed E-state index contributed by atoms with van der Waals surface area (Å²) in [5, 5.41) is 0. The quantitative estimate of drug-likeness (QED) is 0.595. The highest BCUT2D eigenvalue weighted by molar-refractivity contribution is 6.15. The Hall–Kier alpha value is -1.98. The summed E-state index contributed by atoms with van der Waals surface area (Å²) in [7, 11) is 1.43. The van der Waals surface area contributed by atoms with Crippen LogP contribution in [-0.2, 0) is 4.79 Å². The molecule has 0 bridgehead atoms. The lowest BCUT2D eigenvalue weighted by atomic mass is 10.0. The Morgan fingerprint density at radius 1 is 1.15 bits per heavy atom. The molecule has 0 saturated carbocycles. The summed E-state index contributed by atoms with van der Waals surface area (Å²) in [4.78, 5) is 24.4. The van der Waals surface area contributed by atoms with Crippen molar-refractivity contribution in [3.8, 4) is 5.75 Å². The van der Waals surface area contributed by atoms with Crippen molar-refractivity contribution in [1.29, 1.82) is 0 Å². The monoisotopic (exact) mass is 285 g/mol. The fourth-order valence-electron chi connectivity index (χ4n) is 1.73. The molecule has 0 N–H and O–H groups in total. The molecule has 110 valence electrons. The van der Waals surface area contributed by atoms with Crippen molar-refractivity contribution in [2.24, 2.45) is 0 Å². The number of hydrogen-bond donors (Lipinski definition) is 0. The van der Waals surface area contributed by atoms with E-state index in [0.717, 1.165) is 4.90 Å². The SMILES string of the molecule is CCN(CC)C(=O)C(F)(F)C(=O)c1ccc(OC)cc1. The van der Waals surface area contributed by atoms with Crippen LogP contribution in [0.15, 0.2) is 24.3 Å². The van der Waals surface area contributed by atoms with E-state index in [0.29, 0.717) is 5.75 Å². The molecule has 0 aliphatic heterocycles. The highest BCUT2D eigenvalue weighted by Gasteiger charge is 2.49. The van der Waals surface area contributed by atoms with Crippen molar-refractivity contribution < 1.29 is 23.1 Å². The van der Waals surface area contributed by atoms with Crippen LogP contribution >= 0.6 is 0 Å². The van der Waals surface area contributed by atoms with E-state index in [4.69, 9.17) is 4.74 Å². The topological polar surface area (TPSA) is 46.6 Å². The third-order valence-corrected chi connectivity index (χ3v) is 2.96. The number of amides is 1. The first-order chi connectivity index (χ1) is 9.38. The van der Waals surface area contributed by atoms with Crippen LogP contribution < -0.4 is 4.74 Å². The molecular formula is C14H17F2NO3. The van der Waals surface area contributed by atoms with Gasteiger partial charge in [0.1, 0.15) is 5.75 Å². The van der Waals surface area contributed by atoms with Crippen LogP contribution in [0.1, 0.15) is 24.2 Å². The summed E-state index contributed by atoms with van der Waals surface area (Å²) < 4.78 is 32.7. The number of hydrogen-bond acceptors (Lipinski definition) is 3. The van der Waals surface area contributed by atoms with Gasteiger partial charge in [0.2, 0.25) is 5.78 Å². The second-order valence-corrected chi connectivity index (χ2v) is 4.11. The summed E-state index contributed by atoms with van der Waals surface area (Å²) in [6.45, 7) is 3.41. The Kier molecular flexibility index (Phi) is 5.19. The van der Waals surface area contributed by atoms with Crippen LogP contribution in [0.25, 0.3) is 0 Å². The standard InChI is InChI=1S/C14H17F2NO3/c1-4-17(5-2)13(19)14(15,16)12(18)10-6-8-11(20-3)9-7-10/h6-9H,4-5H2,1-3H3. The van der Waals surface area contributed by atoms with Gasteiger partial charge in [-0.1, -0.05) is 0 Å². The minimum atomic E-state index is -4.05. The van der Waals surface area contributed by atoms with Crippen LogP contribution in [0.3, 0.4) is 0 Å². The molecule has 20 heavy (non-hydrogen) atoms. The van der Waals surface area contributed by atoms with Gasteiger partial charge in [0.15, 0.2) is 0 Å². The van der Waals surface area contributed by atoms with E-state index in [1.807, 2.05) is 0 Å². The van der Waals surface area contributed by atoms with E-state index >= 15 is 0 Å². The van der Waals surface area contributed by atoms with Gasteiger partial charge in [-0.2, -0.15) is 8.78 Å². The van der Waals surface area contributed by atoms with Gasteiger partial charge in [-0.3, -0.25) is 9.59 Å². The second kappa shape index (κ2) is 6.45. The number of alkyl halides is 2. The largest absolute Gasteiger partial charge is 0.497 e. The Bertz CT molecular complexity index is 482. The molecule has 0 aliphatic rings. The first kappa shape index (κ1) is 16.1. The second-order valence-electron chi connectivity index (χ2n) is 4.11. The molecule has 6 heteroatoms. The fourth-order valence-corrected chi connectivity index (χ4v) is 1.73. The van der Waals surface area contributed by atoms with Crippen molar-refractivity contribution in [2.45, 2.75) is 19.8 Å². The molecule has 1 amide bonds. The lowest BCUT2D eigenvalue weighted by molar-refractivity contribution is -0.150. The van der Waals surface area contributed by atoms with Crippen LogP contribution in [0.2, 0.25) is 0 Å². The summed E-state index contributed by atoms with van der Waals surface area (Å²) >= 11 is 0. The number of methoxy groups -OCH3 is 1. The molecule has 0 heterocycles. The normalized spacial score (nSPS) is 11.1. The molecule has 0 aliphatic carbocycles. The number of Topliss-reactive ketones (excluding diaryl/α,β-unsaturated/α-hetero) is 1. The molecule has 0 radical (unpaired) electrons. The maximum Gasteiger partial charge on any atom is 0.386 e.